The standard InChI is InChI=1S/C12H19NO/c1-3-12(14)13-8-4-5-10-9(2)6-7-11(10)13/h6,10-11H,3-5,7-8H2,1-2H3. The second-order valence-corrected chi connectivity index (χ2v) is 4.44. The molecule has 1 amide bonds. The molecule has 0 spiro atoms. The predicted octanol–water partition coefficient (Wildman–Crippen LogP) is 2.35. The van der Waals surface area contributed by atoms with E-state index >= 15 is 0 Å². The van der Waals surface area contributed by atoms with Crippen molar-refractivity contribution in [3.63, 3.8) is 0 Å². The van der Waals surface area contributed by atoms with Gasteiger partial charge in [-0.15, -0.1) is 0 Å². The Balaban J connectivity index is 2.11. The highest BCUT2D eigenvalue weighted by molar-refractivity contribution is 5.76. The largest absolute Gasteiger partial charge is 0.339 e. The Morgan fingerprint density at radius 2 is 2.43 bits per heavy atom. The second kappa shape index (κ2) is 3.76. The Hall–Kier alpha value is -0.790. The number of fused-ring (bicyclic) bond motifs is 1. The molecule has 0 radical (unpaired) electrons. The summed E-state index contributed by atoms with van der Waals surface area (Å²) < 4.78 is 0. The van der Waals surface area contributed by atoms with Gasteiger partial charge in [0.2, 0.25) is 5.91 Å². The van der Waals surface area contributed by atoms with E-state index in [2.05, 4.69) is 17.9 Å². The SMILES string of the molecule is CCC(=O)N1CCCC2C(C)=CCC21. The van der Waals surface area contributed by atoms with Crippen LogP contribution in [0.3, 0.4) is 0 Å². The number of hydrogen-bond acceptors (Lipinski definition) is 1. The lowest BCUT2D eigenvalue weighted by atomic mass is 9.88. The van der Waals surface area contributed by atoms with Crippen molar-refractivity contribution in [2.24, 2.45) is 5.92 Å². The molecule has 0 saturated carbocycles. The molecule has 78 valence electrons. The van der Waals surface area contributed by atoms with Gasteiger partial charge in [0.15, 0.2) is 0 Å². The summed E-state index contributed by atoms with van der Waals surface area (Å²) >= 11 is 0. The maximum Gasteiger partial charge on any atom is 0.222 e. The number of piperidine rings is 1. The fourth-order valence-corrected chi connectivity index (χ4v) is 2.85. The van der Waals surface area contributed by atoms with Gasteiger partial charge in [-0.1, -0.05) is 18.6 Å². The fraction of sp³-hybridized carbons (Fsp3) is 0.750. The third-order valence-electron chi connectivity index (χ3n) is 3.67. The molecule has 2 atom stereocenters. The Labute approximate surface area is 86.0 Å². The number of carbonyl (C=O) groups excluding carboxylic acids is 1. The Kier molecular flexibility index (Phi) is 2.62. The van der Waals surface area contributed by atoms with Crippen LogP contribution in [0.25, 0.3) is 0 Å². The first kappa shape index (κ1) is 9.75. The van der Waals surface area contributed by atoms with Gasteiger partial charge in [0.1, 0.15) is 0 Å². The van der Waals surface area contributed by atoms with Crippen molar-refractivity contribution in [1.82, 2.24) is 4.90 Å². The summed E-state index contributed by atoms with van der Waals surface area (Å²) in [7, 11) is 0. The number of carbonyl (C=O) groups is 1. The molecule has 1 aliphatic heterocycles. The molecule has 1 aliphatic carbocycles. The van der Waals surface area contributed by atoms with Crippen LogP contribution in [0.2, 0.25) is 0 Å². The average molecular weight is 193 g/mol. The highest BCUT2D eigenvalue weighted by atomic mass is 16.2. The van der Waals surface area contributed by atoms with Gasteiger partial charge in [-0.3, -0.25) is 4.79 Å². The summed E-state index contributed by atoms with van der Waals surface area (Å²) in [6, 6.07) is 0.496. The van der Waals surface area contributed by atoms with E-state index in [9.17, 15) is 4.79 Å². The van der Waals surface area contributed by atoms with E-state index in [0.717, 1.165) is 13.0 Å². The van der Waals surface area contributed by atoms with Crippen LogP contribution in [-0.2, 0) is 4.79 Å². The van der Waals surface area contributed by atoms with Crippen molar-refractivity contribution in [2.75, 3.05) is 6.54 Å². The molecule has 2 heteroatoms. The van der Waals surface area contributed by atoms with Crippen molar-refractivity contribution in [3.05, 3.63) is 11.6 Å². The van der Waals surface area contributed by atoms with Gasteiger partial charge >= 0.3 is 0 Å². The molecule has 14 heavy (non-hydrogen) atoms. The molecule has 1 heterocycles. The van der Waals surface area contributed by atoms with Crippen molar-refractivity contribution in [1.29, 1.82) is 0 Å². The van der Waals surface area contributed by atoms with E-state index < -0.39 is 0 Å². The minimum absolute atomic E-state index is 0.336. The summed E-state index contributed by atoms with van der Waals surface area (Å²) in [5.41, 5.74) is 1.50. The molecule has 1 saturated heterocycles. The van der Waals surface area contributed by atoms with E-state index in [4.69, 9.17) is 0 Å². The summed E-state index contributed by atoms with van der Waals surface area (Å²) in [5, 5.41) is 0. The summed E-state index contributed by atoms with van der Waals surface area (Å²) in [6.07, 6.45) is 6.51. The fourth-order valence-electron chi connectivity index (χ4n) is 2.85. The molecule has 0 bridgehead atoms. The van der Waals surface area contributed by atoms with E-state index in [1.165, 1.54) is 18.4 Å². The zero-order valence-corrected chi connectivity index (χ0v) is 9.12. The van der Waals surface area contributed by atoms with Gasteiger partial charge in [0.05, 0.1) is 0 Å². The van der Waals surface area contributed by atoms with E-state index in [-0.39, 0.29) is 0 Å². The maximum absolute atomic E-state index is 11.7. The van der Waals surface area contributed by atoms with E-state index in [1.54, 1.807) is 0 Å². The smallest absolute Gasteiger partial charge is 0.222 e. The van der Waals surface area contributed by atoms with Gasteiger partial charge < -0.3 is 4.90 Å². The van der Waals surface area contributed by atoms with Crippen LogP contribution >= 0.6 is 0 Å². The van der Waals surface area contributed by atoms with E-state index in [1.807, 2.05) is 6.92 Å². The lowest BCUT2D eigenvalue weighted by molar-refractivity contribution is -0.135. The highest BCUT2D eigenvalue weighted by Gasteiger charge is 2.36. The van der Waals surface area contributed by atoms with Crippen LogP contribution in [-0.4, -0.2) is 23.4 Å². The number of likely N-dealkylation sites (tertiary alicyclic amines) is 1. The Morgan fingerprint density at radius 3 is 3.14 bits per heavy atom. The van der Waals surface area contributed by atoms with Crippen molar-refractivity contribution in [2.45, 2.75) is 45.6 Å². The molecule has 1 fully saturated rings. The van der Waals surface area contributed by atoms with Gasteiger partial charge in [-0.2, -0.15) is 0 Å². The van der Waals surface area contributed by atoms with Crippen molar-refractivity contribution < 1.29 is 4.79 Å². The normalized spacial score (nSPS) is 31.3. The molecule has 2 aliphatic rings. The summed E-state index contributed by atoms with van der Waals surface area (Å²) in [4.78, 5) is 13.8. The van der Waals surface area contributed by atoms with E-state index in [0.29, 0.717) is 24.3 Å². The quantitative estimate of drug-likeness (QED) is 0.585. The molecular formula is C12H19NO. The van der Waals surface area contributed by atoms with Crippen molar-refractivity contribution in [3.8, 4) is 0 Å². The van der Waals surface area contributed by atoms with Crippen LogP contribution in [0.4, 0.5) is 0 Å². The molecular weight excluding hydrogens is 174 g/mol. The summed E-state index contributed by atoms with van der Waals surface area (Å²) in [5.74, 6) is 1.00. The second-order valence-electron chi connectivity index (χ2n) is 4.44. The zero-order valence-electron chi connectivity index (χ0n) is 9.12. The molecule has 0 aromatic carbocycles. The van der Waals surface area contributed by atoms with Crippen LogP contribution in [0.1, 0.15) is 39.5 Å². The molecule has 2 nitrogen and oxygen atoms in total. The number of amides is 1. The van der Waals surface area contributed by atoms with Gasteiger partial charge in [-0.25, -0.2) is 0 Å². The summed E-state index contributed by atoms with van der Waals surface area (Å²) in [6.45, 7) is 5.15. The Bertz CT molecular complexity index is 269. The third-order valence-corrected chi connectivity index (χ3v) is 3.67. The van der Waals surface area contributed by atoms with Gasteiger partial charge in [-0.05, 0) is 26.2 Å². The average Bonchev–Trinajstić information content (AvgIpc) is 2.59. The predicted molar refractivity (Wildman–Crippen MR) is 56.9 cm³/mol. The Morgan fingerprint density at radius 1 is 1.64 bits per heavy atom. The van der Waals surface area contributed by atoms with Crippen LogP contribution in [0.15, 0.2) is 11.6 Å². The van der Waals surface area contributed by atoms with Crippen LogP contribution < -0.4 is 0 Å². The lowest BCUT2D eigenvalue weighted by Gasteiger charge is -2.38. The number of nitrogens with zero attached hydrogens (tertiary/aromatic N) is 1. The first-order valence-corrected chi connectivity index (χ1v) is 5.70. The first-order valence-electron chi connectivity index (χ1n) is 5.70. The number of hydrogen-bond donors (Lipinski definition) is 0. The van der Waals surface area contributed by atoms with Crippen LogP contribution in [0.5, 0.6) is 0 Å². The molecule has 2 unspecified atom stereocenters. The van der Waals surface area contributed by atoms with Crippen LogP contribution in [0, 0.1) is 5.92 Å². The lowest BCUT2D eigenvalue weighted by Crippen LogP contribution is -2.46. The minimum Gasteiger partial charge on any atom is -0.339 e. The molecule has 0 aromatic heterocycles. The first-order chi connectivity index (χ1) is 6.74. The van der Waals surface area contributed by atoms with Gasteiger partial charge in [0.25, 0.3) is 0 Å². The molecule has 2 rings (SSSR count). The minimum atomic E-state index is 0.336. The monoisotopic (exact) mass is 193 g/mol. The zero-order chi connectivity index (χ0) is 10.1. The molecule has 0 aromatic rings. The maximum atomic E-state index is 11.7. The molecule has 0 N–H and O–H groups in total. The van der Waals surface area contributed by atoms with Crippen molar-refractivity contribution >= 4 is 5.91 Å². The highest BCUT2D eigenvalue weighted by Crippen LogP contribution is 2.36. The third kappa shape index (κ3) is 1.47. The topological polar surface area (TPSA) is 20.3 Å². The number of rotatable bonds is 1. The van der Waals surface area contributed by atoms with Gasteiger partial charge in [0, 0.05) is 24.9 Å².